The van der Waals surface area contributed by atoms with E-state index in [0.29, 0.717) is 13.1 Å². The Kier molecular flexibility index (Phi) is 5.63. The van der Waals surface area contributed by atoms with Crippen molar-refractivity contribution in [3.05, 3.63) is 19.2 Å². The highest BCUT2D eigenvalue weighted by Crippen LogP contribution is 2.32. The number of hydrogen-bond donors (Lipinski definition) is 2. The third-order valence-corrected chi connectivity index (χ3v) is 5.05. The van der Waals surface area contributed by atoms with Crippen LogP contribution in [0.1, 0.15) is 25.6 Å². The zero-order valence-electron chi connectivity index (χ0n) is 10.1. The summed E-state index contributed by atoms with van der Waals surface area (Å²) in [4.78, 5) is 12.7. The topological polar surface area (TPSA) is 41.1 Å². The van der Waals surface area contributed by atoms with E-state index in [4.69, 9.17) is 0 Å². The lowest BCUT2D eigenvalue weighted by molar-refractivity contribution is -0.121. The first-order chi connectivity index (χ1) is 7.78. The van der Waals surface area contributed by atoms with Crippen molar-refractivity contribution < 1.29 is 4.79 Å². The Hall–Kier alpha value is 0.0900. The molecule has 0 radical (unpaired) electrons. The Morgan fingerprint density at radius 1 is 1.41 bits per heavy atom. The molecule has 1 rings (SSSR count). The van der Waals surface area contributed by atoms with Gasteiger partial charge in [-0.2, -0.15) is 0 Å². The molecule has 0 aromatic carbocycles. The Bertz CT molecular complexity index is 379. The number of rotatable bonds is 4. The standard InChI is InChI=1S/C11H16Br2N2OS/c1-11(2,3)15-9(16)6-14-5-7-4-8(12)10(13)17-7/h4,14H,5-6H2,1-3H3,(H,15,16). The first kappa shape index (κ1) is 15.1. The minimum Gasteiger partial charge on any atom is -0.350 e. The molecule has 0 aliphatic rings. The molecule has 0 spiro atoms. The van der Waals surface area contributed by atoms with Gasteiger partial charge in [-0.25, -0.2) is 0 Å². The maximum atomic E-state index is 11.5. The lowest BCUT2D eigenvalue weighted by Crippen LogP contribution is -2.44. The fourth-order valence-corrected chi connectivity index (χ4v) is 3.39. The van der Waals surface area contributed by atoms with Gasteiger partial charge in [-0.3, -0.25) is 4.79 Å². The lowest BCUT2D eigenvalue weighted by atomic mass is 10.1. The molecule has 0 bridgehead atoms. The highest BCUT2D eigenvalue weighted by atomic mass is 79.9. The van der Waals surface area contributed by atoms with Gasteiger partial charge in [0.15, 0.2) is 0 Å². The number of carbonyl (C=O) groups excluding carboxylic acids is 1. The predicted molar refractivity (Wildman–Crippen MR) is 79.3 cm³/mol. The smallest absolute Gasteiger partial charge is 0.234 e. The van der Waals surface area contributed by atoms with Crippen molar-refractivity contribution >= 4 is 49.1 Å². The summed E-state index contributed by atoms with van der Waals surface area (Å²) in [5.41, 5.74) is -0.173. The molecule has 0 saturated carbocycles. The second-order valence-corrected chi connectivity index (χ2v) is 8.05. The van der Waals surface area contributed by atoms with Crippen LogP contribution in [0.5, 0.6) is 0 Å². The largest absolute Gasteiger partial charge is 0.350 e. The van der Waals surface area contributed by atoms with Gasteiger partial charge in [0.2, 0.25) is 5.91 Å². The van der Waals surface area contributed by atoms with Gasteiger partial charge < -0.3 is 10.6 Å². The molecule has 1 heterocycles. The number of halogens is 2. The molecule has 1 amide bonds. The van der Waals surface area contributed by atoms with E-state index in [9.17, 15) is 4.79 Å². The number of carbonyl (C=O) groups is 1. The molecular formula is C11H16Br2N2OS. The summed E-state index contributed by atoms with van der Waals surface area (Å²) in [7, 11) is 0. The zero-order chi connectivity index (χ0) is 13.1. The molecule has 0 aliphatic carbocycles. The number of hydrogen-bond acceptors (Lipinski definition) is 3. The Morgan fingerprint density at radius 2 is 2.06 bits per heavy atom. The van der Waals surface area contributed by atoms with Crippen molar-refractivity contribution in [2.45, 2.75) is 32.9 Å². The molecule has 2 N–H and O–H groups in total. The summed E-state index contributed by atoms with van der Waals surface area (Å²) in [6.45, 7) is 6.95. The summed E-state index contributed by atoms with van der Waals surface area (Å²) in [5, 5.41) is 6.03. The first-order valence-corrected chi connectivity index (χ1v) is 7.63. The molecule has 6 heteroatoms. The SMILES string of the molecule is CC(C)(C)NC(=O)CNCc1cc(Br)c(Br)s1. The summed E-state index contributed by atoms with van der Waals surface area (Å²) in [5.74, 6) is 0.0205. The fraction of sp³-hybridized carbons (Fsp3) is 0.545. The zero-order valence-corrected chi connectivity index (χ0v) is 14.1. The molecule has 0 fully saturated rings. The number of amides is 1. The molecule has 0 saturated heterocycles. The third kappa shape index (κ3) is 5.99. The van der Waals surface area contributed by atoms with Crippen molar-refractivity contribution in [2.75, 3.05) is 6.54 Å². The van der Waals surface area contributed by atoms with E-state index in [-0.39, 0.29) is 11.4 Å². The van der Waals surface area contributed by atoms with Crippen LogP contribution >= 0.6 is 43.2 Å². The fourth-order valence-electron chi connectivity index (χ4n) is 1.24. The molecule has 3 nitrogen and oxygen atoms in total. The van der Waals surface area contributed by atoms with Gasteiger partial charge in [-0.1, -0.05) is 0 Å². The van der Waals surface area contributed by atoms with Gasteiger partial charge in [0.1, 0.15) is 0 Å². The van der Waals surface area contributed by atoms with Crippen LogP contribution < -0.4 is 10.6 Å². The van der Waals surface area contributed by atoms with Gasteiger partial charge in [0.25, 0.3) is 0 Å². The maximum Gasteiger partial charge on any atom is 0.234 e. The summed E-state index contributed by atoms with van der Waals surface area (Å²) in [6.07, 6.45) is 0. The normalized spacial score (nSPS) is 11.6. The average Bonchev–Trinajstić information content (AvgIpc) is 2.43. The minimum absolute atomic E-state index is 0.0205. The van der Waals surface area contributed by atoms with E-state index in [2.05, 4.69) is 42.5 Å². The van der Waals surface area contributed by atoms with Crippen molar-refractivity contribution in [1.29, 1.82) is 0 Å². The van der Waals surface area contributed by atoms with E-state index in [1.165, 1.54) is 4.88 Å². The van der Waals surface area contributed by atoms with Crippen LogP contribution in [-0.4, -0.2) is 18.0 Å². The van der Waals surface area contributed by atoms with Crippen molar-refractivity contribution in [3.63, 3.8) is 0 Å². The van der Waals surface area contributed by atoms with Crippen LogP contribution in [0.3, 0.4) is 0 Å². The average molecular weight is 384 g/mol. The number of thiophene rings is 1. The van der Waals surface area contributed by atoms with E-state index >= 15 is 0 Å². The van der Waals surface area contributed by atoms with Crippen LogP contribution in [-0.2, 0) is 11.3 Å². The van der Waals surface area contributed by atoms with Gasteiger partial charge >= 0.3 is 0 Å². The van der Waals surface area contributed by atoms with Crippen LogP contribution in [0.15, 0.2) is 14.3 Å². The quantitative estimate of drug-likeness (QED) is 0.837. The van der Waals surface area contributed by atoms with Gasteiger partial charge in [0.05, 0.1) is 10.3 Å². The summed E-state index contributed by atoms with van der Waals surface area (Å²) < 4.78 is 2.13. The van der Waals surface area contributed by atoms with Gasteiger partial charge in [-0.05, 0) is 58.7 Å². The van der Waals surface area contributed by atoms with Crippen LogP contribution in [0.4, 0.5) is 0 Å². The van der Waals surface area contributed by atoms with E-state index < -0.39 is 0 Å². The Balaban J connectivity index is 2.31. The van der Waals surface area contributed by atoms with Gasteiger partial charge in [-0.15, -0.1) is 11.3 Å². The predicted octanol–water partition coefficient (Wildman–Crippen LogP) is 3.28. The van der Waals surface area contributed by atoms with Crippen molar-refractivity contribution in [3.8, 4) is 0 Å². The molecule has 0 unspecified atom stereocenters. The van der Waals surface area contributed by atoms with E-state index in [1.807, 2.05) is 26.8 Å². The highest BCUT2D eigenvalue weighted by Gasteiger charge is 2.13. The van der Waals surface area contributed by atoms with Crippen LogP contribution in [0.25, 0.3) is 0 Å². The van der Waals surface area contributed by atoms with E-state index in [1.54, 1.807) is 11.3 Å². The van der Waals surface area contributed by atoms with Crippen molar-refractivity contribution in [1.82, 2.24) is 10.6 Å². The second-order valence-electron chi connectivity index (χ2n) is 4.74. The molecule has 1 aromatic heterocycles. The maximum absolute atomic E-state index is 11.5. The summed E-state index contributed by atoms with van der Waals surface area (Å²) in [6, 6.07) is 2.05. The van der Waals surface area contributed by atoms with Crippen molar-refractivity contribution in [2.24, 2.45) is 0 Å². The van der Waals surface area contributed by atoms with E-state index in [0.717, 1.165) is 8.26 Å². The lowest BCUT2D eigenvalue weighted by Gasteiger charge is -2.20. The first-order valence-electron chi connectivity index (χ1n) is 5.23. The second kappa shape index (κ2) is 6.31. The molecular weight excluding hydrogens is 368 g/mol. The third-order valence-electron chi connectivity index (χ3n) is 1.80. The number of nitrogens with one attached hydrogen (secondary N) is 2. The molecule has 0 atom stereocenters. The van der Waals surface area contributed by atoms with Gasteiger partial charge in [0, 0.05) is 21.4 Å². The van der Waals surface area contributed by atoms with Crippen LogP contribution in [0, 0.1) is 0 Å². The Labute approximate surface area is 123 Å². The molecule has 17 heavy (non-hydrogen) atoms. The molecule has 1 aromatic rings. The summed E-state index contributed by atoms with van der Waals surface area (Å²) >= 11 is 8.53. The molecule has 0 aliphatic heterocycles. The monoisotopic (exact) mass is 382 g/mol. The minimum atomic E-state index is -0.173. The van der Waals surface area contributed by atoms with Crippen LogP contribution in [0.2, 0.25) is 0 Å². The Morgan fingerprint density at radius 3 is 2.53 bits per heavy atom. The highest BCUT2D eigenvalue weighted by molar-refractivity contribution is 9.13. The molecule has 96 valence electrons.